The molecule has 26 heavy (non-hydrogen) atoms. The molecule has 1 aliphatic carbocycles. The molecule has 1 atom stereocenters. The molecule has 0 amide bonds. The molecule has 0 fully saturated rings. The van der Waals surface area contributed by atoms with Crippen molar-refractivity contribution in [2.75, 3.05) is 12.5 Å². The van der Waals surface area contributed by atoms with Gasteiger partial charge in [-0.3, -0.25) is 9.00 Å². The Hall–Kier alpha value is -2.11. The first-order valence-electron chi connectivity index (χ1n) is 8.17. The van der Waals surface area contributed by atoms with Crippen LogP contribution in [0.1, 0.15) is 30.0 Å². The minimum Gasteiger partial charge on any atom is -0.481 e. The summed E-state index contributed by atoms with van der Waals surface area (Å²) in [6, 6.07) is 15.8. The Labute approximate surface area is 160 Å². The summed E-state index contributed by atoms with van der Waals surface area (Å²) in [5.74, 6) is -0.861. The van der Waals surface area contributed by atoms with Crippen molar-refractivity contribution in [2.24, 2.45) is 0 Å². The third-order valence-corrected chi connectivity index (χ3v) is 6.27. The fraction of sp³-hybridized carbons (Fsp3) is 0.190. The lowest BCUT2D eigenvalue weighted by Gasteiger charge is -2.13. The van der Waals surface area contributed by atoms with Gasteiger partial charge in [0.05, 0.1) is 22.1 Å². The summed E-state index contributed by atoms with van der Waals surface area (Å²) in [5, 5.41) is 9.38. The van der Waals surface area contributed by atoms with Crippen LogP contribution in [0.25, 0.3) is 16.1 Å². The molecule has 134 valence electrons. The van der Waals surface area contributed by atoms with Crippen LogP contribution >= 0.6 is 11.8 Å². The summed E-state index contributed by atoms with van der Waals surface area (Å²) in [6.45, 7) is 1.93. The van der Waals surface area contributed by atoms with Crippen molar-refractivity contribution in [1.29, 1.82) is 0 Å². The summed E-state index contributed by atoms with van der Waals surface area (Å²) >= 11 is 1.62. The van der Waals surface area contributed by atoms with Gasteiger partial charge in [-0.15, -0.1) is 11.8 Å². The van der Waals surface area contributed by atoms with E-state index >= 15 is 0 Å². The summed E-state index contributed by atoms with van der Waals surface area (Å²) in [4.78, 5) is 13.3. The SMILES string of the molecule is CSc1ccc2c(c1)C(CC(=O)O)=C(C)C2=C(c1ccccc1)S(C)=O. The van der Waals surface area contributed by atoms with Gasteiger partial charge in [-0.25, -0.2) is 0 Å². The molecule has 0 heterocycles. The lowest BCUT2D eigenvalue weighted by Crippen LogP contribution is -1.98. The zero-order valence-electron chi connectivity index (χ0n) is 14.9. The second kappa shape index (κ2) is 7.64. The standard InChI is InChI=1S/C21H20O3S2/c1-13-17(12-19(22)23)18-11-15(25-2)9-10-16(18)20(13)21(26(3)24)14-7-5-4-6-8-14/h4-11H,12H2,1-3H3,(H,22,23). The van der Waals surface area contributed by atoms with Gasteiger partial charge in [-0.05, 0) is 53.1 Å². The van der Waals surface area contributed by atoms with Crippen LogP contribution in [0.2, 0.25) is 0 Å². The largest absolute Gasteiger partial charge is 0.481 e. The van der Waals surface area contributed by atoms with E-state index in [-0.39, 0.29) is 6.42 Å². The predicted molar refractivity (Wildman–Crippen MR) is 110 cm³/mol. The molecule has 0 aliphatic heterocycles. The van der Waals surface area contributed by atoms with Crippen LogP contribution in [-0.4, -0.2) is 27.8 Å². The Balaban J connectivity index is 2.35. The van der Waals surface area contributed by atoms with Crippen LogP contribution < -0.4 is 0 Å². The van der Waals surface area contributed by atoms with E-state index < -0.39 is 16.8 Å². The van der Waals surface area contributed by atoms with Crippen LogP contribution in [0.5, 0.6) is 0 Å². The molecule has 0 radical (unpaired) electrons. The second-order valence-electron chi connectivity index (χ2n) is 6.11. The van der Waals surface area contributed by atoms with Gasteiger partial charge in [-0.2, -0.15) is 0 Å². The van der Waals surface area contributed by atoms with Crippen molar-refractivity contribution < 1.29 is 14.1 Å². The molecule has 2 aromatic carbocycles. The first kappa shape index (κ1) is 18.7. The molecule has 1 unspecified atom stereocenters. The quantitative estimate of drug-likeness (QED) is 0.744. The van der Waals surface area contributed by atoms with E-state index in [0.29, 0.717) is 0 Å². The van der Waals surface area contributed by atoms with Crippen molar-refractivity contribution in [3.63, 3.8) is 0 Å². The molecular formula is C21H20O3S2. The van der Waals surface area contributed by atoms with Gasteiger partial charge in [0.1, 0.15) is 0 Å². The maximum Gasteiger partial charge on any atom is 0.307 e. The zero-order chi connectivity index (χ0) is 18.8. The third kappa shape index (κ3) is 3.41. The number of thioether (sulfide) groups is 1. The number of benzene rings is 2. The van der Waals surface area contributed by atoms with Crippen LogP contribution in [0.15, 0.2) is 59.0 Å². The van der Waals surface area contributed by atoms with Gasteiger partial charge >= 0.3 is 5.97 Å². The molecule has 0 spiro atoms. The van der Waals surface area contributed by atoms with Crippen molar-refractivity contribution >= 4 is 44.6 Å². The molecule has 0 saturated heterocycles. The van der Waals surface area contributed by atoms with Crippen molar-refractivity contribution in [3.8, 4) is 0 Å². The number of hydrogen-bond donors (Lipinski definition) is 1. The first-order chi connectivity index (χ1) is 12.4. The Morgan fingerprint density at radius 2 is 1.81 bits per heavy atom. The van der Waals surface area contributed by atoms with E-state index in [1.807, 2.05) is 61.7 Å². The van der Waals surface area contributed by atoms with Crippen LogP contribution in [-0.2, 0) is 15.6 Å². The van der Waals surface area contributed by atoms with Crippen LogP contribution in [0.3, 0.4) is 0 Å². The highest BCUT2D eigenvalue weighted by Crippen LogP contribution is 2.47. The average Bonchev–Trinajstić information content (AvgIpc) is 2.87. The molecule has 1 N–H and O–H groups in total. The molecular weight excluding hydrogens is 364 g/mol. The lowest BCUT2D eigenvalue weighted by atomic mass is 10.0. The normalized spacial score (nSPS) is 16.4. The van der Waals surface area contributed by atoms with E-state index in [2.05, 4.69) is 0 Å². The number of carbonyl (C=O) groups is 1. The monoisotopic (exact) mass is 384 g/mol. The van der Waals surface area contributed by atoms with E-state index in [4.69, 9.17) is 0 Å². The van der Waals surface area contributed by atoms with Gasteiger partial charge in [0.2, 0.25) is 0 Å². The Kier molecular flexibility index (Phi) is 5.49. The number of allylic oxidation sites excluding steroid dienone is 2. The minimum absolute atomic E-state index is 0.0431. The molecule has 0 saturated carbocycles. The second-order valence-corrected chi connectivity index (χ2v) is 8.31. The summed E-state index contributed by atoms with van der Waals surface area (Å²) in [6.07, 6.45) is 3.63. The molecule has 0 aromatic heterocycles. The van der Waals surface area contributed by atoms with Crippen molar-refractivity contribution in [2.45, 2.75) is 18.2 Å². The van der Waals surface area contributed by atoms with E-state index in [9.17, 15) is 14.1 Å². The van der Waals surface area contributed by atoms with Gasteiger partial charge in [0.15, 0.2) is 0 Å². The van der Waals surface area contributed by atoms with Crippen LogP contribution in [0, 0.1) is 0 Å². The molecule has 5 heteroatoms. The minimum atomic E-state index is -1.21. The fourth-order valence-electron chi connectivity index (χ4n) is 3.39. The van der Waals surface area contributed by atoms with E-state index in [0.717, 1.165) is 43.2 Å². The Morgan fingerprint density at radius 3 is 2.38 bits per heavy atom. The summed E-state index contributed by atoms with van der Waals surface area (Å²) < 4.78 is 12.6. The maximum atomic E-state index is 12.6. The Bertz CT molecular complexity index is 956. The smallest absolute Gasteiger partial charge is 0.307 e. The fourth-order valence-corrected chi connectivity index (χ4v) is 4.85. The third-order valence-electron chi connectivity index (χ3n) is 4.53. The predicted octanol–water partition coefficient (Wildman–Crippen LogP) is 4.92. The molecule has 2 aromatic rings. The average molecular weight is 385 g/mol. The van der Waals surface area contributed by atoms with Gasteiger partial charge in [0, 0.05) is 16.7 Å². The maximum absolute atomic E-state index is 12.6. The topological polar surface area (TPSA) is 54.4 Å². The number of carboxylic acid groups (broad SMARTS) is 1. The molecule has 0 bridgehead atoms. The summed E-state index contributed by atoms with van der Waals surface area (Å²) in [7, 11) is -1.21. The first-order valence-corrected chi connectivity index (χ1v) is 11.0. The molecule has 3 nitrogen and oxygen atoms in total. The number of fused-ring (bicyclic) bond motifs is 1. The molecule has 1 aliphatic rings. The number of rotatable bonds is 5. The van der Waals surface area contributed by atoms with Gasteiger partial charge < -0.3 is 5.11 Å². The lowest BCUT2D eigenvalue weighted by molar-refractivity contribution is -0.135. The van der Waals surface area contributed by atoms with E-state index in [1.54, 1.807) is 18.0 Å². The number of hydrogen-bond acceptors (Lipinski definition) is 3. The summed E-state index contributed by atoms with van der Waals surface area (Å²) in [5.41, 5.74) is 5.40. The molecule has 3 rings (SSSR count). The van der Waals surface area contributed by atoms with Gasteiger partial charge in [0.25, 0.3) is 0 Å². The van der Waals surface area contributed by atoms with Crippen LogP contribution in [0.4, 0.5) is 0 Å². The Morgan fingerprint density at radius 1 is 1.12 bits per heavy atom. The highest BCUT2D eigenvalue weighted by atomic mass is 32.2. The van der Waals surface area contributed by atoms with E-state index in [1.165, 1.54) is 0 Å². The number of carboxylic acids is 1. The highest BCUT2D eigenvalue weighted by Gasteiger charge is 2.29. The number of aliphatic carboxylic acids is 1. The van der Waals surface area contributed by atoms with Crippen molar-refractivity contribution in [3.05, 3.63) is 70.8 Å². The highest BCUT2D eigenvalue weighted by molar-refractivity contribution is 7.98. The van der Waals surface area contributed by atoms with Crippen molar-refractivity contribution in [1.82, 2.24) is 0 Å². The van der Waals surface area contributed by atoms with Gasteiger partial charge in [-0.1, -0.05) is 36.4 Å². The zero-order valence-corrected chi connectivity index (χ0v) is 16.5.